The van der Waals surface area contributed by atoms with E-state index < -0.39 is 5.97 Å². The molecule has 0 radical (unpaired) electrons. The minimum atomic E-state index is -0.883. The van der Waals surface area contributed by atoms with Crippen molar-refractivity contribution in [2.75, 3.05) is 46.1 Å². The molecule has 1 aliphatic rings. The Labute approximate surface area is 162 Å². The molecule has 0 atom stereocenters. The molecule has 0 unspecified atom stereocenters. The number of carbonyl (C=O) groups is 1. The van der Waals surface area contributed by atoms with Gasteiger partial charge in [0.25, 0.3) is 0 Å². The first-order valence-corrected chi connectivity index (χ1v) is 9.90. The quantitative estimate of drug-likeness (QED) is 0.702. The number of nitrogens with zero attached hydrogens (tertiary/aromatic N) is 2. The molecule has 1 N–H and O–H groups in total. The van der Waals surface area contributed by atoms with Crippen LogP contribution in [0.1, 0.15) is 12.6 Å². The Morgan fingerprint density at radius 1 is 1.30 bits per heavy atom. The van der Waals surface area contributed by atoms with E-state index in [2.05, 4.69) is 9.88 Å². The average molecular weight is 392 g/mol. The van der Waals surface area contributed by atoms with Crippen molar-refractivity contribution in [2.24, 2.45) is 0 Å². The van der Waals surface area contributed by atoms with Crippen LogP contribution in [0.4, 0.5) is 0 Å². The number of thiazole rings is 1. The molecule has 1 saturated heterocycles. The molecule has 27 heavy (non-hydrogen) atoms. The van der Waals surface area contributed by atoms with Crippen molar-refractivity contribution in [3.63, 3.8) is 0 Å². The second kappa shape index (κ2) is 9.68. The highest BCUT2D eigenvalue weighted by Crippen LogP contribution is 2.34. The summed E-state index contributed by atoms with van der Waals surface area (Å²) in [6, 6.07) is 5.71. The molecule has 8 heteroatoms. The molecule has 1 aromatic carbocycles. The van der Waals surface area contributed by atoms with E-state index in [1.807, 2.05) is 25.1 Å². The summed E-state index contributed by atoms with van der Waals surface area (Å²) >= 11 is 1.42. The van der Waals surface area contributed by atoms with Gasteiger partial charge in [-0.15, -0.1) is 11.3 Å². The molecule has 0 spiro atoms. The predicted molar refractivity (Wildman–Crippen MR) is 103 cm³/mol. The number of benzene rings is 1. The molecule has 146 valence electrons. The van der Waals surface area contributed by atoms with Gasteiger partial charge in [0.15, 0.2) is 11.5 Å². The van der Waals surface area contributed by atoms with E-state index in [4.69, 9.17) is 19.3 Å². The molecule has 1 aliphatic heterocycles. The topological polar surface area (TPSA) is 81.1 Å². The summed E-state index contributed by atoms with van der Waals surface area (Å²) in [5.41, 5.74) is 1.45. The Morgan fingerprint density at radius 3 is 2.85 bits per heavy atom. The van der Waals surface area contributed by atoms with Crippen LogP contribution in [0.25, 0.3) is 10.6 Å². The number of carboxylic acid groups (broad SMARTS) is 1. The van der Waals surface area contributed by atoms with Crippen LogP contribution >= 0.6 is 11.3 Å². The Kier molecular flexibility index (Phi) is 7.03. The normalized spacial score (nSPS) is 14.9. The molecule has 1 aromatic heterocycles. The molecular weight excluding hydrogens is 368 g/mol. The lowest BCUT2D eigenvalue weighted by Gasteiger charge is -2.26. The van der Waals surface area contributed by atoms with E-state index in [9.17, 15) is 4.79 Å². The first kappa shape index (κ1) is 19.6. The molecule has 1 fully saturated rings. The Bertz CT molecular complexity index is 758. The lowest BCUT2D eigenvalue weighted by Crippen LogP contribution is -2.38. The smallest absolute Gasteiger partial charge is 0.309 e. The lowest BCUT2D eigenvalue weighted by molar-refractivity contribution is -0.136. The third-order valence-electron chi connectivity index (χ3n) is 4.14. The fourth-order valence-electron chi connectivity index (χ4n) is 2.81. The van der Waals surface area contributed by atoms with Gasteiger partial charge in [0.1, 0.15) is 11.6 Å². The van der Waals surface area contributed by atoms with Gasteiger partial charge in [-0.2, -0.15) is 0 Å². The fourth-order valence-corrected chi connectivity index (χ4v) is 3.63. The van der Waals surface area contributed by atoms with E-state index in [-0.39, 0.29) is 6.42 Å². The number of aromatic nitrogens is 1. The Hall–Kier alpha value is -2.16. The summed E-state index contributed by atoms with van der Waals surface area (Å²) in [6.45, 7) is 7.31. The van der Waals surface area contributed by atoms with Crippen molar-refractivity contribution in [2.45, 2.75) is 13.3 Å². The molecule has 2 heterocycles. The van der Waals surface area contributed by atoms with Crippen molar-refractivity contribution in [3.8, 4) is 22.1 Å². The maximum Gasteiger partial charge on any atom is 0.309 e. The van der Waals surface area contributed by atoms with Crippen LogP contribution in [0.2, 0.25) is 0 Å². The van der Waals surface area contributed by atoms with E-state index in [0.717, 1.165) is 43.4 Å². The number of carboxylic acids is 1. The number of rotatable bonds is 9. The second-order valence-electron chi connectivity index (χ2n) is 6.11. The van der Waals surface area contributed by atoms with Gasteiger partial charge in [0, 0.05) is 30.6 Å². The largest absolute Gasteiger partial charge is 0.490 e. The fraction of sp³-hybridized carbons (Fsp3) is 0.474. The molecule has 2 aromatic rings. The monoisotopic (exact) mass is 392 g/mol. The molecule has 0 bridgehead atoms. The van der Waals surface area contributed by atoms with Gasteiger partial charge in [-0.3, -0.25) is 9.69 Å². The van der Waals surface area contributed by atoms with Crippen LogP contribution in [0.5, 0.6) is 11.5 Å². The summed E-state index contributed by atoms with van der Waals surface area (Å²) in [4.78, 5) is 17.5. The number of hydrogen-bond donors (Lipinski definition) is 1. The third kappa shape index (κ3) is 5.66. The lowest BCUT2D eigenvalue weighted by atomic mass is 10.2. The van der Waals surface area contributed by atoms with Crippen LogP contribution in [-0.4, -0.2) is 67.0 Å². The van der Waals surface area contributed by atoms with Gasteiger partial charge < -0.3 is 19.3 Å². The van der Waals surface area contributed by atoms with Crippen molar-refractivity contribution in [1.82, 2.24) is 9.88 Å². The maximum absolute atomic E-state index is 10.8. The summed E-state index contributed by atoms with van der Waals surface area (Å²) in [7, 11) is 0. The van der Waals surface area contributed by atoms with Gasteiger partial charge in [0.05, 0.1) is 31.9 Å². The van der Waals surface area contributed by atoms with Gasteiger partial charge in [0.2, 0.25) is 0 Å². The highest BCUT2D eigenvalue weighted by Gasteiger charge is 2.13. The highest BCUT2D eigenvalue weighted by atomic mass is 32.1. The maximum atomic E-state index is 10.8. The average Bonchev–Trinajstić information content (AvgIpc) is 3.12. The Balaban J connectivity index is 1.66. The molecule has 0 aliphatic carbocycles. The van der Waals surface area contributed by atoms with Crippen molar-refractivity contribution < 1.29 is 24.1 Å². The zero-order chi connectivity index (χ0) is 19.1. The zero-order valence-corrected chi connectivity index (χ0v) is 16.2. The van der Waals surface area contributed by atoms with E-state index in [1.165, 1.54) is 11.3 Å². The molecule has 7 nitrogen and oxygen atoms in total. The van der Waals surface area contributed by atoms with E-state index >= 15 is 0 Å². The van der Waals surface area contributed by atoms with E-state index in [0.29, 0.717) is 30.4 Å². The standard InChI is InChI=1S/C19H24N2O5S/c1-2-25-17-11-14(19-20-15(13-27-19)12-18(22)23)3-4-16(17)26-10-7-21-5-8-24-9-6-21/h3-4,11,13H,2,5-10,12H2,1H3,(H,22,23). The van der Waals surface area contributed by atoms with E-state index in [1.54, 1.807) is 5.38 Å². The SMILES string of the molecule is CCOc1cc(-c2nc(CC(=O)O)cs2)ccc1OCCN1CCOCC1. The first-order chi connectivity index (χ1) is 13.2. The highest BCUT2D eigenvalue weighted by molar-refractivity contribution is 7.13. The summed E-state index contributed by atoms with van der Waals surface area (Å²) in [6.07, 6.45) is -0.0719. The first-order valence-electron chi connectivity index (χ1n) is 9.02. The van der Waals surface area contributed by atoms with Gasteiger partial charge in [-0.25, -0.2) is 4.98 Å². The van der Waals surface area contributed by atoms with Gasteiger partial charge >= 0.3 is 5.97 Å². The minimum Gasteiger partial charge on any atom is -0.490 e. The minimum absolute atomic E-state index is 0.0719. The van der Waals surface area contributed by atoms with Crippen LogP contribution < -0.4 is 9.47 Å². The summed E-state index contributed by atoms with van der Waals surface area (Å²) in [5.74, 6) is 0.494. The number of ether oxygens (including phenoxy) is 3. The zero-order valence-electron chi connectivity index (χ0n) is 15.3. The van der Waals surface area contributed by atoms with Crippen molar-refractivity contribution in [1.29, 1.82) is 0 Å². The van der Waals surface area contributed by atoms with Gasteiger partial charge in [-0.1, -0.05) is 0 Å². The van der Waals surface area contributed by atoms with Crippen LogP contribution in [0.15, 0.2) is 23.6 Å². The number of morpholine rings is 1. The van der Waals surface area contributed by atoms with Crippen molar-refractivity contribution in [3.05, 3.63) is 29.3 Å². The molecular formula is C19H24N2O5S. The number of aliphatic carboxylic acids is 1. The van der Waals surface area contributed by atoms with Crippen LogP contribution in [0, 0.1) is 0 Å². The van der Waals surface area contributed by atoms with Crippen LogP contribution in [-0.2, 0) is 16.0 Å². The van der Waals surface area contributed by atoms with Crippen molar-refractivity contribution >= 4 is 17.3 Å². The Morgan fingerprint density at radius 2 is 2.11 bits per heavy atom. The van der Waals surface area contributed by atoms with Crippen LogP contribution in [0.3, 0.4) is 0 Å². The third-order valence-corrected chi connectivity index (χ3v) is 5.08. The molecule has 0 amide bonds. The summed E-state index contributed by atoms with van der Waals surface area (Å²) in [5, 5.41) is 11.4. The predicted octanol–water partition coefficient (Wildman–Crippen LogP) is 2.55. The molecule has 3 rings (SSSR count). The second-order valence-corrected chi connectivity index (χ2v) is 6.97. The summed E-state index contributed by atoms with van der Waals surface area (Å²) < 4.78 is 17.0. The molecule has 0 saturated carbocycles. The number of hydrogen-bond acceptors (Lipinski definition) is 7. The van der Waals surface area contributed by atoms with Gasteiger partial charge in [-0.05, 0) is 25.1 Å².